The summed E-state index contributed by atoms with van der Waals surface area (Å²) in [6, 6.07) is 10.8. The van der Waals surface area contributed by atoms with Crippen molar-refractivity contribution in [1.82, 2.24) is 9.55 Å². The summed E-state index contributed by atoms with van der Waals surface area (Å²) in [5.41, 5.74) is 1.43. The van der Waals surface area contributed by atoms with Crippen LogP contribution in [0.4, 0.5) is 0 Å². The van der Waals surface area contributed by atoms with E-state index in [9.17, 15) is 0 Å². The molecule has 0 amide bonds. The summed E-state index contributed by atoms with van der Waals surface area (Å²) in [4.78, 5) is 4.57. The molecule has 0 bridgehead atoms. The monoisotopic (exact) mass is 340 g/mol. The number of benzene rings is 1. The van der Waals surface area contributed by atoms with Crippen LogP contribution < -0.4 is 0 Å². The Balaban J connectivity index is 1.55. The van der Waals surface area contributed by atoms with Crippen LogP contribution in [0.15, 0.2) is 42.7 Å². The number of hydrogen-bond acceptors (Lipinski definition) is 1. The van der Waals surface area contributed by atoms with Gasteiger partial charge in [-0.25, -0.2) is 4.98 Å². The largest absolute Gasteiger partial charge is 0.335 e. The summed E-state index contributed by atoms with van der Waals surface area (Å²) in [6.07, 6.45) is 20.0. The standard InChI is InChI=1S/C23H36N2/c1-2-3-4-5-6-7-8-9-13-20-25-21-19-24-23(25)18-14-17-22-15-11-10-12-16-22/h10-12,15-16,19,21H,2-9,13-14,17-18,20H2,1H3. The lowest BCUT2D eigenvalue weighted by Crippen LogP contribution is -2.04. The fourth-order valence-electron chi connectivity index (χ4n) is 3.46. The van der Waals surface area contributed by atoms with E-state index in [0.717, 1.165) is 19.4 Å². The average Bonchev–Trinajstić information content (AvgIpc) is 3.08. The van der Waals surface area contributed by atoms with E-state index in [-0.39, 0.29) is 0 Å². The van der Waals surface area contributed by atoms with Crippen molar-refractivity contribution in [2.45, 2.75) is 90.5 Å². The number of aromatic nitrogens is 2. The first-order valence-corrected chi connectivity index (χ1v) is 10.4. The van der Waals surface area contributed by atoms with Crippen molar-refractivity contribution >= 4 is 0 Å². The quantitative estimate of drug-likeness (QED) is 0.355. The molecule has 0 atom stereocenters. The Hall–Kier alpha value is -1.57. The third kappa shape index (κ3) is 8.38. The van der Waals surface area contributed by atoms with E-state index in [1.165, 1.54) is 75.6 Å². The van der Waals surface area contributed by atoms with Gasteiger partial charge in [0.1, 0.15) is 5.82 Å². The smallest absolute Gasteiger partial charge is 0.108 e. The van der Waals surface area contributed by atoms with Gasteiger partial charge in [0.2, 0.25) is 0 Å². The van der Waals surface area contributed by atoms with Crippen LogP contribution in [0, 0.1) is 0 Å². The summed E-state index contributed by atoms with van der Waals surface area (Å²) in [5, 5.41) is 0. The van der Waals surface area contributed by atoms with Gasteiger partial charge in [-0.3, -0.25) is 0 Å². The van der Waals surface area contributed by atoms with Crippen LogP contribution in [-0.4, -0.2) is 9.55 Å². The summed E-state index contributed by atoms with van der Waals surface area (Å²) in [6.45, 7) is 3.42. The highest BCUT2D eigenvalue weighted by Gasteiger charge is 2.03. The zero-order chi connectivity index (χ0) is 17.6. The van der Waals surface area contributed by atoms with E-state index in [4.69, 9.17) is 0 Å². The maximum atomic E-state index is 4.57. The Labute approximate surface area is 154 Å². The van der Waals surface area contributed by atoms with Crippen molar-refractivity contribution in [3.8, 4) is 0 Å². The highest BCUT2D eigenvalue weighted by atomic mass is 15.1. The zero-order valence-electron chi connectivity index (χ0n) is 16.1. The van der Waals surface area contributed by atoms with Crippen LogP contribution in [0.25, 0.3) is 0 Å². The fraction of sp³-hybridized carbons (Fsp3) is 0.609. The van der Waals surface area contributed by atoms with Crippen molar-refractivity contribution in [3.05, 3.63) is 54.1 Å². The van der Waals surface area contributed by atoms with Crippen LogP contribution >= 0.6 is 0 Å². The number of imidazole rings is 1. The zero-order valence-corrected chi connectivity index (χ0v) is 16.1. The SMILES string of the molecule is CCCCCCCCCCCn1ccnc1CCCc1ccccc1. The number of rotatable bonds is 14. The molecule has 0 spiro atoms. The van der Waals surface area contributed by atoms with Crippen LogP contribution in [0.1, 0.15) is 82.5 Å². The van der Waals surface area contributed by atoms with Gasteiger partial charge in [0.25, 0.3) is 0 Å². The van der Waals surface area contributed by atoms with Crippen molar-refractivity contribution in [2.24, 2.45) is 0 Å². The molecule has 0 aliphatic carbocycles. The topological polar surface area (TPSA) is 17.8 Å². The number of nitrogens with zero attached hydrogens (tertiary/aromatic N) is 2. The molecular weight excluding hydrogens is 304 g/mol. The van der Waals surface area contributed by atoms with E-state index >= 15 is 0 Å². The molecule has 2 aromatic rings. The molecular formula is C23H36N2. The minimum Gasteiger partial charge on any atom is -0.335 e. The van der Waals surface area contributed by atoms with Crippen LogP contribution in [-0.2, 0) is 19.4 Å². The maximum absolute atomic E-state index is 4.57. The van der Waals surface area contributed by atoms with Crippen molar-refractivity contribution in [3.63, 3.8) is 0 Å². The van der Waals surface area contributed by atoms with E-state index in [2.05, 4.69) is 53.0 Å². The Morgan fingerprint density at radius 2 is 1.44 bits per heavy atom. The second-order valence-electron chi connectivity index (χ2n) is 7.20. The summed E-state index contributed by atoms with van der Waals surface area (Å²) >= 11 is 0. The first-order chi connectivity index (χ1) is 12.4. The predicted octanol–water partition coefficient (Wildman–Crippen LogP) is 6.59. The molecule has 0 saturated heterocycles. The lowest BCUT2D eigenvalue weighted by molar-refractivity contribution is 0.529. The van der Waals surface area contributed by atoms with Gasteiger partial charge in [-0.05, 0) is 24.8 Å². The normalized spacial score (nSPS) is 11.1. The lowest BCUT2D eigenvalue weighted by Gasteiger charge is -2.08. The molecule has 0 radical (unpaired) electrons. The molecule has 25 heavy (non-hydrogen) atoms. The van der Waals surface area contributed by atoms with Gasteiger partial charge in [-0.15, -0.1) is 0 Å². The Kier molecular flexibility index (Phi) is 10.1. The highest BCUT2D eigenvalue weighted by molar-refractivity contribution is 5.14. The molecule has 0 aliphatic heterocycles. The first-order valence-electron chi connectivity index (χ1n) is 10.4. The number of hydrogen-bond donors (Lipinski definition) is 0. The van der Waals surface area contributed by atoms with Gasteiger partial charge in [-0.1, -0.05) is 88.6 Å². The number of aryl methyl sites for hydroxylation is 3. The third-order valence-corrected chi connectivity index (χ3v) is 5.01. The van der Waals surface area contributed by atoms with Gasteiger partial charge in [0.15, 0.2) is 0 Å². The summed E-state index contributed by atoms with van der Waals surface area (Å²) < 4.78 is 2.37. The number of unbranched alkanes of at least 4 members (excludes halogenated alkanes) is 8. The van der Waals surface area contributed by atoms with Crippen LogP contribution in [0.3, 0.4) is 0 Å². The lowest BCUT2D eigenvalue weighted by atomic mass is 10.1. The highest BCUT2D eigenvalue weighted by Crippen LogP contribution is 2.12. The minimum atomic E-state index is 1.08. The molecule has 0 aliphatic rings. The molecule has 1 aromatic carbocycles. The third-order valence-electron chi connectivity index (χ3n) is 5.01. The van der Waals surface area contributed by atoms with E-state index in [1.54, 1.807) is 0 Å². The van der Waals surface area contributed by atoms with Gasteiger partial charge in [-0.2, -0.15) is 0 Å². The molecule has 1 aromatic heterocycles. The second kappa shape index (κ2) is 12.7. The fourth-order valence-corrected chi connectivity index (χ4v) is 3.46. The molecule has 0 fully saturated rings. The van der Waals surface area contributed by atoms with Crippen LogP contribution in [0.2, 0.25) is 0 Å². The van der Waals surface area contributed by atoms with Gasteiger partial charge >= 0.3 is 0 Å². The van der Waals surface area contributed by atoms with E-state index < -0.39 is 0 Å². The van der Waals surface area contributed by atoms with Gasteiger partial charge in [0.05, 0.1) is 0 Å². The maximum Gasteiger partial charge on any atom is 0.108 e. The van der Waals surface area contributed by atoms with Gasteiger partial charge < -0.3 is 4.57 Å². The molecule has 2 rings (SSSR count). The van der Waals surface area contributed by atoms with Crippen LogP contribution in [0.5, 0.6) is 0 Å². The first kappa shape index (κ1) is 19.8. The molecule has 138 valence electrons. The summed E-state index contributed by atoms with van der Waals surface area (Å²) in [5.74, 6) is 1.26. The summed E-state index contributed by atoms with van der Waals surface area (Å²) in [7, 11) is 0. The molecule has 0 N–H and O–H groups in total. The van der Waals surface area contributed by atoms with Crippen molar-refractivity contribution < 1.29 is 0 Å². The molecule has 0 saturated carbocycles. The molecule has 0 unspecified atom stereocenters. The minimum absolute atomic E-state index is 1.08. The molecule has 1 heterocycles. The average molecular weight is 341 g/mol. The molecule has 2 heteroatoms. The van der Waals surface area contributed by atoms with E-state index in [1.807, 2.05) is 6.20 Å². The van der Waals surface area contributed by atoms with E-state index in [0.29, 0.717) is 0 Å². The predicted molar refractivity (Wildman–Crippen MR) is 108 cm³/mol. The second-order valence-corrected chi connectivity index (χ2v) is 7.20. The van der Waals surface area contributed by atoms with Crippen molar-refractivity contribution in [1.29, 1.82) is 0 Å². The molecule has 2 nitrogen and oxygen atoms in total. The van der Waals surface area contributed by atoms with Gasteiger partial charge in [0, 0.05) is 25.4 Å². The van der Waals surface area contributed by atoms with Crippen molar-refractivity contribution in [2.75, 3.05) is 0 Å². The Morgan fingerprint density at radius 1 is 0.760 bits per heavy atom. The Morgan fingerprint density at radius 3 is 2.16 bits per heavy atom. The Bertz CT molecular complexity index is 544.